The monoisotopic (exact) mass is 404 g/mol. The van der Waals surface area contributed by atoms with Crippen LogP contribution in [0.2, 0.25) is 5.02 Å². The number of amides is 2. The second kappa shape index (κ2) is 8.37. The Hall–Kier alpha value is -2.33. The Morgan fingerprint density at radius 3 is 2.58 bits per heavy atom. The van der Waals surface area contributed by atoms with Crippen molar-refractivity contribution in [3.63, 3.8) is 0 Å². The van der Waals surface area contributed by atoms with Gasteiger partial charge in [0.2, 0.25) is 5.91 Å². The molecule has 0 aliphatic rings. The summed E-state index contributed by atoms with van der Waals surface area (Å²) in [6.45, 7) is 0. The fourth-order valence-electron chi connectivity index (χ4n) is 2.00. The first-order valence-electron chi connectivity index (χ1n) is 7.06. The minimum Gasteiger partial charge on any atom is -0.349 e. The molecule has 26 heavy (non-hydrogen) atoms. The molecule has 2 heterocycles. The second-order valence-corrected chi connectivity index (χ2v) is 6.06. The molecule has 0 aromatic carbocycles. The van der Waals surface area contributed by atoms with E-state index in [4.69, 9.17) is 11.6 Å². The minimum absolute atomic E-state index is 0.0241. The standard InChI is InChI=1S/C15H12ClF3N4O2S/c1-20-14(25)26-23-13(24)11(12-9(16)3-2-5-22-12)10-7-8(4-6-21-10)15(17,18)19/h2-7,11H,1H3,(H,20,25)(H,23,24). The van der Waals surface area contributed by atoms with Crippen LogP contribution in [0.15, 0.2) is 36.7 Å². The largest absolute Gasteiger partial charge is 0.416 e. The van der Waals surface area contributed by atoms with E-state index in [0.717, 1.165) is 18.3 Å². The molecule has 2 N–H and O–H groups in total. The highest BCUT2D eigenvalue weighted by Crippen LogP contribution is 2.33. The maximum Gasteiger partial charge on any atom is 0.416 e. The molecule has 6 nitrogen and oxygen atoms in total. The first kappa shape index (κ1) is 20.0. The number of carbonyl (C=O) groups is 2. The molecule has 0 bridgehead atoms. The molecule has 11 heteroatoms. The predicted octanol–water partition coefficient (Wildman–Crippen LogP) is 3.38. The lowest BCUT2D eigenvalue weighted by molar-refractivity contribution is -0.137. The van der Waals surface area contributed by atoms with Gasteiger partial charge >= 0.3 is 6.18 Å². The SMILES string of the molecule is CNC(=O)SNC(=O)C(c1cc(C(F)(F)F)ccn1)c1ncccc1Cl. The highest BCUT2D eigenvalue weighted by Gasteiger charge is 2.34. The number of aromatic nitrogens is 2. The molecular formula is C15H12ClF3N4O2S. The molecular weight excluding hydrogens is 393 g/mol. The topological polar surface area (TPSA) is 84.0 Å². The number of hydrogen-bond acceptors (Lipinski definition) is 5. The first-order chi connectivity index (χ1) is 12.2. The number of nitrogens with one attached hydrogen (secondary N) is 2. The number of carbonyl (C=O) groups excluding carboxylic acids is 2. The van der Waals surface area contributed by atoms with E-state index in [9.17, 15) is 22.8 Å². The smallest absolute Gasteiger partial charge is 0.349 e. The lowest BCUT2D eigenvalue weighted by atomic mass is 9.98. The summed E-state index contributed by atoms with van der Waals surface area (Å²) in [5.41, 5.74) is -1.14. The molecule has 2 aromatic heterocycles. The van der Waals surface area contributed by atoms with Crippen LogP contribution in [0.3, 0.4) is 0 Å². The van der Waals surface area contributed by atoms with Crippen LogP contribution in [0.1, 0.15) is 22.9 Å². The van der Waals surface area contributed by atoms with Crippen molar-refractivity contribution in [1.82, 2.24) is 20.0 Å². The maximum atomic E-state index is 13.0. The zero-order valence-electron chi connectivity index (χ0n) is 13.2. The van der Waals surface area contributed by atoms with Crippen molar-refractivity contribution >= 4 is 34.7 Å². The van der Waals surface area contributed by atoms with Crippen LogP contribution in [-0.4, -0.2) is 28.2 Å². The summed E-state index contributed by atoms with van der Waals surface area (Å²) in [5, 5.41) is 1.81. The number of pyridine rings is 2. The average molecular weight is 405 g/mol. The average Bonchev–Trinajstić information content (AvgIpc) is 2.61. The summed E-state index contributed by atoms with van der Waals surface area (Å²) in [6.07, 6.45) is -2.31. The molecule has 0 saturated heterocycles. The first-order valence-corrected chi connectivity index (χ1v) is 8.25. The summed E-state index contributed by atoms with van der Waals surface area (Å²) in [5.74, 6) is -2.12. The van der Waals surface area contributed by atoms with Gasteiger partial charge in [-0.3, -0.25) is 24.3 Å². The van der Waals surface area contributed by atoms with Gasteiger partial charge in [0.15, 0.2) is 0 Å². The fourth-order valence-corrected chi connectivity index (χ4v) is 2.64. The van der Waals surface area contributed by atoms with Crippen LogP contribution < -0.4 is 10.0 Å². The molecule has 2 aromatic rings. The Kier molecular flexibility index (Phi) is 6.43. The van der Waals surface area contributed by atoms with Crippen LogP contribution in [-0.2, 0) is 11.0 Å². The molecule has 2 rings (SSSR count). The Balaban J connectivity index is 2.46. The molecule has 0 spiro atoms. The third kappa shape index (κ3) is 4.85. The van der Waals surface area contributed by atoms with Gasteiger partial charge < -0.3 is 5.32 Å². The van der Waals surface area contributed by atoms with Crippen LogP contribution in [0.4, 0.5) is 18.0 Å². The van der Waals surface area contributed by atoms with Crippen molar-refractivity contribution in [3.05, 3.63) is 58.6 Å². The summed E-state index contributed by atoms with van der Waals surface area (Å²) < 4.78 is 41.2. The van der Waals surface area contributed by atoms with E-state index in [0.29, 0.717) is 11.9 Å². The molecule has 0 aliphatic heterocycles. The lowest BCUT2D eigenvalue weighted by Crippen LogP contribution is -2.29. The summed E-state index contributed by atoms with van der Waals surface area (Å²) in [6, 6.07) is 4.50. The van der Waals surface area contributed by atoms with Gasteiger partial charge in [-0.2, -0.15) is 13.2 Å². The molecule has 1 atom stereocenters. The van der Waals surface area contributed by atoms with Crippen molar-refractivity contribution in [1.29, 1.82) is 0 Å². The van der Waals surface area contributed by atoms with Gasteiger partial charge in [-0.15, -0.1) is 0 Å². The highest BCUT2D eigenvalue weighted by atomic mass is 35.5. The fraction of sp³-hybridized carbons (Fsp3) is 0.200. The summed E-state index contributed by atoms with van der Waals surface area (Å²) in [4.78, 5) is 31.7. The Labute approximate surface area is 155 Å². The van der Waals surface area contributed by atoms with Gasteiger partial charge in [0.05, 0.1) is 33.9 Å². The lowest BCUT2D eigenvalue weighted by Gasteiger charge is -2.17. The number of rotatable bonds is 3. The quantitative estimate of drug-likeness (QED) is 0.766. The van der Waals surface area contributed by atoms with Gasteiger partial charge in [0.1, 0.15) is 5.92 Å². The molecule has 0 saturated carbocycles. The molecule has 2 amide bonds. The van der Waals surface area contributed by atoms with Gasteiger partial charge in [-0.1, -0.05) is 11.6 Å². The van der Waals surface area contributed by atoms with Crippen LogP contribution in [0.25, 0.3) is 0 Å². The third-order valence-electron chi connectivity index (χ3n) is 3.18. The van der Waals surface area contributed by atoms with Gasteiger partial charge in [0.25, 0.3) is 5.24 Å². The van der Waals surface area contributed by atoms with Crippen molar-refractivity contribution in [2.45, 2.75) is 12.1 Å². The van der Waals surface area contributed by atoms with E-state index < -0.39 is 28.8 Å². The van der Waals surface area contributed by atoms with Crippen molar-refractivity contribution < 1.29 is 22.8 Å². The van der Waals surface area contributed by atoms with Crippen LogP contribution in [0, 0.1) is 0 Å². The molecule has 0 aliphatic carbocycles. The third-order valence-corrected chi connectivity index (χ3v) is 4.19. The van der Waals surface area contributed by atoms with Gasteiger partial charge in [-0.25, -0.2) is 0 Å². The van der Waals surface area contributed by atoms with E-state index in [1.807, 2.05) is 0 Å². The predicted molar refractivity (Wildman–Crippen MR) is 90.5 cm³/mol. The zero-order chi connectivity index (χ0) is 19.3. The van der Waals surface area contributed by atoms with E-state index >= 15 is 0 Å². The number of hydrogen-bond donors (Lipinski definition) is 2. The van der Waals surface area contributed by atoms with Gasteiger partial charge in [0, 0.05) is 19.4 Å². The maximum absolute atomic E-state index is 13.0. The Morgan fingerprint density at radius 2 is 1.96 bits per heavy atom. The van der Waals surface area contributed by atoms with E-state index in [2.05, 4.69) is 20.0 Å². The number of nitrogens with zero attached hydrogens (tertiary/aromatic N) is 2. The number of alkyl halides is 3. The molecule has 0 radical (unpaired) electrons. The second-order valence-electron chi connectivity index (χ2n) is 4.88. The number of halogens is 4. The van der Waals surface area contributed by atoms with Crippen LogP contribution in [0.5, 0.6) is 0 Å². The summed E-state index contributed by atoms with van der Waals surface area (Å²) >= 11 is 6.50. The zero-order valence-corrected chi connectivity index (χ0v) is 14.7. The molecule has 1 unspecified atom stereocenters. The van der Waals surface area contributed by atoms with E-state index in [-0.39, 0.29) is 16.4 Å². The Morgan fingerprint density at radius 1 is 1.23 bits per heavy atom. The van der Waals surface area contributed by atoms with Crippen molar-refractivity contribution in [2.24, 2.45) is 0 Å². The van der Waals surface area contributed by atoms with Crippen molar-refractivity contribution in [2.75, 3.05) is 7.05 Å². The molecule has 0 fully saturated rings. The van der Waals surface area contributed by atoms with Gasteiger partial charge in [-0.05, 0) is 24.3 Å². The molecule has 138 valence electrons. The summed E-state index contributed by atoms with van der Waals surface area (Å²) in [7, 11) is 1.36. The van der Waals surface area contributed by atoms with Crippen molar-refractivity contribution in [3.8, 4) is 0 Å². The Bertz CT molecular complexity index is 819. The minimum atomic E-state index is -4.61. The highest BCUT2D eigenvalue weighted by molar-refractivity contribution is 8.12. The van der Waals surface area contributed by atoms with Crippen LogP contribution >= 0.6 is 23.5 Å². The normalized spacial score (nSPS) is 12.3. The van der Waals surface area contributed by atoms with E-state index in [1.165, 1.54) is 25.4 Å². The van der Waals surface area contributed by atoms with E-state index in [1.54, 1.807) is 0 Å².